The third-order valence-corrected chi connectivity index (χ3v) is 5.09. The molecule has 0 aliphatic carbocycles. The summed E-state index contributed by atoms with van der Waals surface area (Å²) in [6.45, 7) is 15.6. The van der Waals surface area contributed by atoms with Crippen molar-refractivity contribution >= 4 is 0 Å². The molecule has 2 aliphatic heterocycles. The zero-order valence-electron chi connectivity index (χ0n) is 13.9. The number of nitrogens with zero attached hydrogens (tertiary/aromatic N) is 1. The Labute approximate surface area is 125 Å². The third-order valence-electron chi connectivity index (χ3n) is 5.09. The second-order valence-corrected chi connectivity index (χ2v) is 7.74. The highest BCUT2D eigenvalue weighted by Gasteiger charge is 2.31. The molecule has 0 N–H and O–H groups in total. The minimum Gasteiger partial charge on any atom is -0.381 e. The average Bonchev–Trinajstić information content (AvgIpc) is 2.45. The van der Waals surface area contributed by atoms with Crippen LogP contribution in [0.2, 0.25) is 0 Å². The SMILES string of the molecule is CC(CCN1CCOC(C(C)(C)C)C1)C1CCOCC1. The number of hydrogen-bond donors (Lipinski definition) is 0. The Morgan fingerprint density at radius 1 is 1.15 bits per heavy atom. The summed E-state index contributed by atoms with van der Waals surface area (Å²) in [5, 5.41) is 0. The standard InChI is InChI=1S/C17H33NO2/c1-14(15-6-10-19-11-7-15)5-8-18-9-12-20-16(13-18)17(2,3)4/h14-16H,5-13H2,1-4H3. The Balaban J connectivity index is 1.72. The monoisotopic (exact) mass is 283 g/mol. The van der Waals surface area contributed by atoms with E-state index in [1.54, 1.807) is 0 Å². The van der Waals surface area contributed by atoms with Gasteiger partial charge in [-0.25, -0.2) is 0 Å². The van der Waals surface area contributed by atoms with Crippen molar-refractivity contribution in [3.05, 3.63) is 0 Å². The molecule has 3 heteroatoms. The number of ether oxygens (including phenoxy) is 2. The normalized spacial score (nSPS) is 28.5. The van der Waals surface area contributed by atoms with Crippen LogP contribution in [0.5, 0.6) is 0 Å². The highest BCUT2D eigenvalue weighted by atomic mass is 16.5. The lowest BCUT2D eigenvalue weighted by atomic mass is 9.85. The Kier molecular flexibility index (Phi) is 5.88. The van der Waals surface area contributed by atoms with Crippen molar-refractivity contribution in [1.29, 1.82) is 0 Å². The van der Waals surface area contributed by atoms with Crippen LogP contribution < -0.4 is 0 Å². The van der Waals surface area contributed by atoms with Gasteiger partial charge in [-0.05, 0) is 43.1 Å². The highest BCUT2D eigenvalue weighted by molar-refractivity contribution is 4.82. The summed E-state index contributed by atoms with van der Waals surface area (Å²) in [4.78, 5) is 2.61. The Bertz CT molecular complexity index is 281. The van der Waals surface area contributed by atoms with Crippen molar-refractivity contribution in [1.82, 2.24) is 4.90 Å². The van der Waals surface area contributed by atoms with E-state index in [1.165, 1.54) is 25.8 Å². The van der Waals surface area contributed by atoms with Gasteiger partial charge in [0.05, 0.1) is 12.7 Å². The zero-order chi connectivity index (χ0) is 14.6. The first kappa shape index (κ1) is 16.3. The molecule has 0 bridgehead atoms. The van der Waals surface area contributed by atoms with E-state index in [9.17, 15) is 0 Å². The van der Waals surface area contributed by atoms with Gasteiger partial charge >= 0.3 is 0 Å². The van der Waals surface area contributed by atoms with E-state index in [1.807, 2.05) is 0 Å². The second-order valence-electron chi connectivity index (χ2n) is 7.74. The zero-order valence-corrected chi connectivity index (χ0v) is 13.9. The number of hydrogen-bond acceptors (Lipinski definition) is 3. The summed E-state index contributed by atoms with van der Waals surface area (Å²) in [7, 11) is 0. The first-order chi connectivity index (χ1) is 9.47. The van der Waals surface area contributed by atoms with Crippen LogP contribution in [0.4, 0.5) is 0 Å². The second kappa shape index (κ2) is 7.24. The molecule has 2 unspecified atom stereocenters. The molecule has 118 valence electrons. The van der Waals surface area contributed by atoms with Crippen LogP contribution in [0.15, 0.2) is 0 Å². The fraction of sp³-hybridized carbons (Fsp3) is 1.00. The molecule has 2 atom stereocenters. The maximum absolute atomic E-state index is 5.94. The summed E-state index contributed by atoms with van der Waals surface area (Å²) >= 11 is 0. The predicted octanol–water partition coefficient (Wildman–Crippen LogP) is 3.19. The van der Waals surface area contributed by atoms with Gasteiger partial charge in [-0.15, -0.1) is 0 Å². The minimum absolute atomic E-state index is 0.255. The Morgan fingerprint density at radius 2 is 1.85 bits per heavy atom. The topological polar surface area (TPSA) is 21.7 Å². The van der Waals surface area contributed by atoms with E-state index in [4.69, 9.17) is 9.47 Å². The highest BCUT2D eigenvalue weighted by Crippen LogP contribution is 2.28. The van der Waals surface area contributed by atoms with E-state index >= 15 is 0 Å². The van der Waals surface area contributed by atoms with Gasteiger partial charge < -0.3 is 9.47 Å². The summed E-state index contributed by atoms with van der Waals surface area (Å²) < 4.78 is 11.4. The van der Waals surface area contributed by atoms with Crippen LogP contribution in [0.1, 0.15) is 47.0 Å². The van der Waals surface area contributed by atoms with Crippen molar-refractivity contribution in [2.45, 2.75) is 53.1 Å². The van der Waals surface area contributed by atoms with Crippen molar-refractivity contribution in [3.63, 3.8) is 0 Å². The fourth-order valence-corrected chi connectivity index (χ4v) is 3.34. The smallest absolute Gasteiger partial charge is 0.0750 e. The summed E-state index contributed by atoms with van der Waals surface area (Å²) in [6, 6.07) is 0. The molecule has 2 rings (SSSR count). The molecule has 0 aromatic rings. The van der Waals surface area contributed by atoms with E-state index in [2.05, 4.69) is 32.6 Å². The first-order valence-electron chi connectivity index (χ1n) is 8.38. The molecular formula is C17H33NO2. The van der Waals surface area contributed by atoms with Crippen LogP contribution in [-0.4, -0.2) is 50.5 Å². The molecule has 2 heterocycles. The predicted molar refractivity (Wildman–Crippen MR) is 83.0 cm³/mol. The molecule has 0 aromatic carbocycles. The number of rotatable bonds is 4. The summed E-state index contributed by atoms with van der Waals surface area (Å²) in [5.74, 6) is 1.71. The molecule has 2 aliphatic rings. The quantitative estimate of drug-likeness (QED) is 0.791. The van der Waals surface area contributed by atoms with Gasteiger partial charge in [0.1, 0.15) is 0 Å². The third kappa shape index (κ3) is 4.71. The molecular weight excluding hydrogens is 250 g/mol. The molecule has 2 saturated heterocycles. The lowest BCUT2D eigenvalue weighted by molar-refractivity contribution is -0.0807. The Hall–Kier alpha value is -0.120. The molecule has 0 aromatic heterocycles. The van der Waals surface area contributed by atoms with Gasteiger partial charge in [0.25, 0.3) is 0 Å². The van der Waals surface area contributed by atoms with E-state index < -0.39 is 0 Å². The van der Waals surface area contributed by atoms with Gasteiger partial charge in [0, 0.05) is 26.3 Å². The summed E-state index contributed by atoms with van der Waals surface area (Å²) in [5.41, 5.74) is 0.255. The summed E-state index contributed by atoms with van der Waals surface area (Å²) in [6.07, 6.45) is 4.22. The fourth-order valence-electron chi connectivity index (χ4n) is 3.34. The van der Waals surface area contributed by atoms with Gasteiger partial charge in [0.15, 0.2) is 0 Å². The van der Waals surface area contributed by atoms with Gasteiger partial charge in [-0.2, -0.15) is 0 Å². The van der Waals surface area contributed by atoms with Gasteiger partial charge in [0.2, 0.25) is 0 Å². The maximum atomic E-state index is 5.94. The van der Waals surface area contributed by atoms with Crippen LogP contribution in [0, 0.1) is 17.3 Å². The molecule has 0 spiro atoms. The lowest BCUT2D eigenvalue weighted by Crippen LogP contribution is -2.48. The average molecular weight is 283 g/mol. The van der Waals surface area contributed by atoms with Crippen molar-refractivity contribution in [2.75, 3.05) is 39.5 Å². The van der Waals surface area contributed by atoms with Crippen LogP contribution in [-0.2, 0) is 9.47 Å². The van der Waals surface area contributed by atoms with E-state index in [0.29, 0.717) is 6.10 Å². The molecule has 0 amide bonds. The Morgan fingerprint density at radius 3 is 2.50 bits per heavy atom. The van der Waals surface area contributed by atoms with Crippen LogP contribution in [0.3, 0.4) is 0 Å². The van der Waals surface area contributed by atoms with E-state index in [-0.39, 0.29) is 5.41 Å². The molecule has 2 fully saturated rings. The van der Waals surface area contributed by atoms with E-state index in [0.717, 1.165) is 44.7 Å². The molecule has 3 nitrogen and oxygen atoms in total. The molecule has 20 heavy (non-hydrogen) atoms. The minimum atomic E-state index is 0.255. The van der Waals surface area contributed by atoms with Crippen LogP contribution in [0.25, 0.3) is 0 Å². The van der Waals surface area contributed by atoms with Gasteiger partial charge in [-0.1, -0.05) is 27.7 Å². The molecule has 0 radical (unpaired) electrons. The molecule has 0 saturated carbocycles. The van der Waals surface area contributed by atoms with Crippen molar-refractivity contribution < 1.29 is 9.47 Å². The van der Waals surface area contributed by atoms with Crippen molar-refractivity contribution in [2.24, 2.45) is 17.3 Å². The van der Waals surface area contributed by atoms with Gasteiger partial charge in [-0.3, -0.25) is 4.90 Å². The van der Waals surface area contributed by atoms with Crippen molar-refractivity contribution in [3.8, 4) is 0 Å². The largest absolute Gasteiger partial charge is 0.381 e. The number of morpholine rings is 1. The lowest BCUT2D eigenvalue weighted by Gasteiger charge is -2.40. The maximum Gasteiger partial charge on any atom is 0.0750 e. The van der Waals surface area contributed by atoms with Crippen LogP contribution >= 0.6 is 0 Å². The first-order valence-corrected chi connectivity index (χ1v) is 8.38.